The highest BCUT2D eigenvalue weighted by Crippen LogP contribution is 2.33. The Hall–Kier alpha value is -4.38. The van der Waals surface area contributed by atoms with Crippen LogP contribution >= 0.6 is 11.6 Å². The number of carboxylic acids is 1. The number of carbonyl (C=O) groups is 2. The number of hydrogen-bond donors (Lipinski definition) is 3. The first-order chi connectivity index (χ1) is 18.8. The van der Waals surface area contributed by atoms with E-state index in [0.29, 0.717) is 16.1 Å². The van der Waals surface area contributed by atoms with Crippen LogP contribution in [-0.2, 0) is 16.5 Å². The summed E-state index contributed by atoms with van der Waals surface area (Å²) in [6.07, 6.45) is -4.91. The van der Waals surface area contributed by atoms with Crippen LogP contribution in [0.15, 0.2) is 77.6 Å². The zero-order valence-corrected chi connectivity index (χ0v) is 22.0. The third-order valence-electron chi connectivity index (χ3n) is 6.38. The molecule has 0 saturated heterocycles. The summed E-state index contributed by atoms with van der Waals surface area (Å²) in [6, 6.07) is 15.9. The summed E-state index contributed by atoms with van der Waals surface area (Å²) in [4.78, 5) is 38.1. The number of aromatic carboxylic acids is 1. The molecule has 12 heteroatoms. The number of hydrogen-bond acceptors (Lipinski definition) is 4. The van der Waals surface area contributed by atoms with E-state index in [1.165, 1.54) is 34.9 Å². The van der Waals surface area contributed by atoms with Gasteiger partial charge >= 0.3 is 17.8 Å². The molecule has 4 rings (SSSR count). The van der Waals surface area contributed by atoms with Crippen LogP contribution in [0.1, 0.15) is 53.4 Å². The van der Waals surface area contributed by atoms with E-state index < -0.39 is 40.9 Å². The number of amides is 1. The van der Waals surface area contributed by atoms with Crippen LogP contribution in [0.3, 0.4) is 0 Å². The van der Waals surface area contributed by atoms with Gasteiger partial charge in [0, 0.05) is 10.6 Å². The molecule has 1 aromatic heterocycles. The van der Waals surface area contributed by atoms with E-state index >= 15 is 0 Å². The Kier molecular flexibility index (Phi) is 7.88. The molecule has 1 atom stereocenters. The molecule has 0 bridgehead atoms. The van der Waals surface area contributed by atoms with Gasteiger partial charge in [-0.1, -0.05) is 35.9 Å². The van der Waals surface area contributed by atoms with Crippen molar-refractivity contribution in [2.45, 2.75) is 38.0 Å². The van der Waals surface area contributed by atoms with Gasteiger partial charge in [-0.15, -0.1) is 0 Å². The number of H-pyrrole nitrogens is 1. The first-order valence-corrected chi connectivity index (χ1v) is 12.4. The van der Waals surface area contributed by atoms with Gasteiger partial charge in [-0.25, -0.2) is 14.7 Å². The fraction of sp³-hybridized carbons (Fsp3) is 0.214. The molecule has 0 aliphatic carbocycles. The van der Waals surface area contributed by atoms with E-state index in [9.17, 15) is 32.7 Å². The lowest BCUT2D eigenvalue weighted by Crippen LogP contribution is -2.42. The topological polar surface area (TPSA) is 117 Å². The van der Waals surface area contributed by atoms with Gasteiger partial charge in [0.1, 0.15) is 0 Å². The van der Waals surface area contributed by atoms with Crippen molar-refractivity contribution in [3.05, 3.63) is 111 Å². The zero-order valence-electron chi connectivity index (χ0n) is 21.3. The van der Waals surface area contributed by atoms with Crippen molar-refractivity contribution >= 4 is 23.5 Å². The molecule has 1 heterocycles. The standard InChI is InChI=1S/C28H24ClF3N4O4/c1-27(2,19-7-4-8-20(14-19)28(30,31)32)33-23(37)15-22(17-5-3-6-18(13-17)25(38)39)36-24(34-35-26(36)40)16-9-11-21(29)12-10-16/h3-14,22H,15H2,1-2H3,(H,33,37)(H,35,40)(H,38,39). The monoisotopic (exact) mass is 572 g/mol. The normalized spacial score (nSPS) is 12.7. The zero-order chi connectivity index (χ0) is 29.2. The number of carbonyl (C=O) groups excluding carboxylic acids is 1. The highest BCUT2D eigenvalue weighted by molar-refractivity contribution is 6.30. The molecule has 8 nitrogen and oxygen atoms in total. The van der Waals surface area contributed by atoms with Crippen molar-refractivity contribution in [2.75, 3.05) is 0 Å². The van der Waals surface area contributed by atoms with Gasteiger partial charge in [0.25, 0.3) is 0 Å². The van der Waals surface area contributed by atoms with Crippen molar-refractivity contribution < 1.29 is 27.9 Å². The molecule has 0 fully saturated rings. The molecule has 0 aliphatic heterocycles. The number of halogens is 4. The number of alkyl halides is 3. The van der Waals surface area contributed by atoms with Crippen molar-refractivity contribution in [3.63, 3.8) is 0 Å². The third kappa shape index (κ3) is 6.26. The predicted octanol–water partition coefficient (Wildman–Crippen LogP) is 5.64. The van der Waals surface area contributed by atoms with Crippen molar-refractivity contribution in [3.8, 4) is 11.4 Å². The average Bonchev–Trinajstić information content (AvgIpc) is 3.28. The maximum absolute atomic E-state index is 13.4. The lowest BCUT2D eigenvalue weighted by atomic mass is 9.92. The minimum absolute atomic E-state index is 0.0585. The third-order valence-corrected chi connectivity index (χ3v) is 6.63. The number of aromatic amines is 1. The summed E-state index contributed by atoms with van der Waals surface area (Å²) in [7, 11) is 0. The summed E-state index contributed by atoms with van der Waals surface area (Å²) in [5.74, 6) is -1.62. The average molecular weight is 573 g/mol. The van der Waals surface area contributed by atoms with Gasteiger partial charge < -0.3 is 10.4 Å². The number of benzene rings is 3. The second kappa shape index (κ2) is 11.0. The maximum atomic E-state index is 13.4. The second-order valence-electron chi connectivity index (χ2n) is 9.63. The van der Waals surface area contributed by atoms with Crippen LogP contribution in [0, 0.1) is 0 Å². The van der Waals surface area contributed by atoms with Crippen LogP contribution in [0.25, 0.3) is 11.4 Å². The van der Waals surface area contributed by atoms with E-state index in [0.717, 1.165) is 12.1 Å². The molecular weight excluding hydrogens is 549 g/mol. The van der Waals surface area contributed by atoms with Crippen LogP contribution in [0.2, 0.25) is 5.02 Å². The van der Waals surface area contributed by atoms with Gasteiger partial charge in [-0.3, -0.25) is 9.36 Å². The van der Waals surface area contributed by atoms with Crippen molar-refractivity contribution in [1.82, 2.24) is 20.1 Å². The fourth-order valence-corrected chi connectivity index (χ4v) is 4.49. The SMILES string of the molecule is CC(C)(NC(=O)CC(c1cccc(C(=O)O)c1)n1c(-c2ccc(Cl)cc2)n[nH]c1=O)c1cccc(C(F)(F)F)c1. The largest absolute Gasteiger partial charge is 0.478 e. The quantitative estimate of drug-likeness (QED) is 0.253. The highest BCUT2D eigenvalue weighted by Gasteiger charge is 2.33. The first-order valence-electron chi connectivity index (χ1n) is 12.0. The molecule has 3 N–H and O–H groups in total. The highest BCUT2D eigenvalue weighted by atomic mass is 35.5. The van der Waals surface area contributed by atoms with Crippen molar-refractivity contribution in [2.24, 2.45) is 0 Å². The molecule has 4 aromatic rings. The number of aromatic nitrogens is 3. The van der Waals surface area contributed by atoms with Gasteiger partial charge in [0.2, 0.25) is 5.91 Å². The lowest BCUT2D eigenvalue weighted by Gasteiger charge is -2.29. The molecule has 208 valence electrons. The molecule has 40 heavy (non-hydrogen) atoms. The molecule has 1 unspecified atom stereocenters. The summed E-state index contributed by atoms with van der Waals surface area (Å²) < 4.78 is 41.1. The molecule has 1 amide bonds. The summed E-state index contributed by atoms with van der Waals surface area (Å²) in [5, 5.41) is 19.2. The fourth-order valence-electron chi connectivity index (χ4n) is 4.37. The molecule has 0 aliphatic rings. The Bertz CT molecular complexity index is 1610. The number of carboxylic acid groups (broad SMARTS) is 1. The van der Waals surface area contributed by atoms with E-state index in [2.05, 4.69) is 15.5 Å². The molecule has 0 saturated carbocycles. The predicted molar refractivity (Wildman–Crippen MR) is 142 cm³/mol. The van der Waals surface area contributed by atoms with Crippen molar-refractivity contribution in [1.29, 1.82) is 0 Å². The maximum Gasteiger partial charge on any atom is 0.416 e. The van der Waals surface area contributed by atoms with E-state index in [4.69, 9.17) is 11.6 Å². The minimum Gasteiger partial charge on any atom is -0.478 e. The summed E-state index contributed by atoms with van der Waals surface area (Å²) in [6.45, 7) is 3.12. The molecule has 3 aromatic carbocycles. The number of nitrogens with one attached hydrogen (secondary N) is 2. The van der Waals surface area contributed by atoms with Crippen LogP contribution in [0.5, 0.6) is 0 Å². The summed E-state index contributed by atoms with van der Waals surface area (Å²) >= 11 is 6.00. The van der Waals surface area contributed by atoms with E-state index in [1.54, 1.807) is 44.2 Å². The molecule has 0 spiro atoms. The Morgan fingerprint density at radius 1 is 1.02 bits per heavy atom. The van der Waals surface area contributed by atoms with E-state index in [-0.39, 0.29) is 23.4 Å². The molecule has 0 radical (unpaired) electrons. The number of nitrogens with zero attached hydrogens (tertiary/aromatic N) is 2. The minimum atomic E-state index is -4.56. The number of rotatable bonds is 8. The Morgan fingerprint density at radius 3 is 2.33 bits per heavy atom. The van der Waals surface area contributed by atoms with Crippen LogP contribution < -0.4 is 11.0 Å². The lowest BCUT2D eigenvalue weighted by molar-refractivity contribution is -0.137. The first kappa shape index (κ1) is 28.6. The Labute approximate surface area is 231 Å². The summed E-state index contributed by atoms with van der Waals surface area (Å²) in [5.41, 5.74) is -1.71. The Morgan fingerprint density at radius 2 is 1.68 bits per heavy atom. The van der Waals surface area contributed by atoms with Crippen LogP contribution in [-0.4, -0.2) is 31.7 Å². The van der Waals surface area contributed by atoms with Gasteiger partial charge in [-0.2, -0.15) is 18.3 Å². The van der Waals surface area contributed by atoms with Gasteiger partial charge in [0.05, 0.1) is 29.1 Å². The smallest absolute Gasteiger partial charge is 0.416 e. The molecular formula is C28H24ClF3N4O4. The Balaban J connectivity index is 1.74. The van der Waals surface area contributed by atoms with Crippen LogP contribution in [0.4, 0.5) is 13.2 Å². The van der Waals surface area contributed by atoms with Gasteiger partial charge in [-0.05, 0) is 73.5 Å². The van der Waals surface area contributed by atoms with E-state index in [1.807, 2.05) is 0 Å². The van der Waals surface area contributed by atoms with Gasteiger partial charge in [0.15, 0.2) is 5.82 Å². The second-order valence-corrected chi connectivity index (χ2v) is 10.1.